The van der Waals surface area contributed by atoms with Crippen LogP contribution in [0.1, 0.15) is 30.2 Å². The van der Waals surface area contributed by atoms with Gasteiger partial charge in [0.15, 0.2) is 0 Å². The topological polar surface area (TPSA) is 34.1 Å². The Hall–Kier alpha value is -1.42. The molecule has 0 saturated carbocycles. The van der Waals surface area contributed by atoms with Crippen LogP contribution in [-0.4, -0.2) is 11.5 Å². The van der Waals surface area contributed by atoms with Crippen LogP contribution in [0.2, 0.25) is 5.02 Å². The Balaban J connectivity index is 1.75. The van der Waals surface area contributed by atoms with Crippen LogP contribution in [0.25, 0.3) is 0 Å². The Kier molecular flexibility index (Phi) is 6.67. The van der Waals surface area contributed by atoms with Crippen molar-refractivity contribution in [2.45, 2.75) is 33.1 Å². The van der Waals surface area contributed by atoms with E-state index >= 15 is 0 Å². The molecule has 1 heterocycles. The fourth-order valence-corrected chi connectivity index (χ4v) is 2.17. The maximum atomic E-state index is 5.94. The van der Waals surface area contributed by atoms with E-state index in [1.54, 1.807) is 0 Å². The zero-order chi connectivity index (χ0) is 14.9. The van der Waals surface area contributed by atoms with Crippen molar-refractivity contribution in [3.8, 4) is 0 Å². The molecule has 0 aliphatic carbocycles. The van der Waals surface area contributed by atoms with Crippen LogP contribution in [0.15, 0.2) is 42.6 Å². The second-order valence-corrected chi connectivity index (χ2v) is 5.39. The SMILES string of the molecule is CCCNCc1ccc(COCc2cccc(Cl)c2)nc1. The van der Waals surface area contributed by atoms with Crippen LogP contribution in [0, 0.1) is 0 Å². The summed E-state index contributed by atoms with van der Waals surface area (Å²) in [4.78, 5) is 4.42. The first kappa shape index (κ1) is 16.0. The summed E-state index contributed by atoms with van der Waals surface area (Å²) in [5.41, 5.74) is 3.21. The predicted molar refractivity (Wildman–Crippen MR) is 86.2 cm³/mol. The third kappa shape index (κ3) is 5.84. The summed E-state index contributed by atoms with van der Waals surface area (Å²) in [7, 11) is 0. The van der Waals surface area contributed by atoms with Gasteiger partial charge in [0.1, 0.15) is 0 Å². The number of nitrogens with one attached hydrogen (secondary N) is 1. The number of hydrogen-bond acceptors (Lipinski definition) is 3. The number of hydrogen-bond donors (Lipinski definition) is 1. The number of rotatable bonds is 8. The molecule has 0 radical (unpaired) electrons. The van der Waals surface area contributed by atoms with Crippen molar-refractivity contribution in [2.75, 3.05) is 6.54 Å². The number of aromatic nitrogens is 1. The molecule has 0 bridgehead atoms. The highest BCUT2D eigenvalue weighted by Crippen LogP contribution is 2.12. The van der Waals surface area contributed by atoms with Gasteiger partial charge in [0, 0.05) is 17.8 Å². The van der Waals surface area contributed by atoms with Crippen molar-refractivity contribution < 1.29 is 4.74 Å². The van der Waals surface area contributed by atoms with Crippen molar-refractivity contribution in [3.63, 3.8) is 0 Å². The molecule has 2 aromatic rings. The van der Waals surface area contributed by atoms with Gasteiger partial charge in [-0.05, 0) is 42.3 Å². The standard InChI is InChI=1S/C17H21ClN2O/c1-2-8-19-10-15-6-7-17(20-11-15)13-21-12-14-4-3-5-16(18)9-14/h3-7,9,11,19H,2,8,10,12-13H2,1H3. The number of pyridine rings is 1. The first-order chi connectivity index (χ1) is 10.3. The zero-order valence-electron chi connectivity index (χ0n) is 12.3. The fraction of sp³-hybridized carbons (Fsp3) is 0.353. The molecule has 3 nitrogen and oxygen atoms in total. The molecule has 0 spiro atoms. The number of ether oxygens (including phenoxy) is 1. The first-order valence-electron chi connectivity index (χ1n) is 7.24. The fourth-order valence-electron chi connectivity index (χ4n) is 1.95. The lowest BCUT2D eigenvalue weighted by Gasteiger charge is -2.06. The van der Waals surface area contributed by atoms with Crippen molar-refractivity contribution in [2.24, 2.45) is 0 Å². The maximum Gasteiger partial charge on any atom is 0.0892 e. The van der Waals surface area contributed by atoms with E-state index in [0.717, 1.165) is 35.8 Å². The van der Waals surface area contributed by atoms with E-state index in [-0.39, 0.29) is 0 Å². The molecular weight excluding hydrogens is 284 g/mol. The average molecular weight is 305 g/mol. The van der Waals surface area contributed by atoms with Gasteiger partial charge in [-0.3, -0.25) is 4.98 Å². The van der Waals surface area contributed by atoms with Gasteiger partial charge >= 0.3 is 0 Å². The summed E-state index contributed by atoms with van der Waals surface area (Å²) in [5, 5.41) is 4.09. The van der Waals surface area contributed by atoms with Crippen molar-refractivity contribution in [1.29, 1.82) is 0 Å². The van der Waals surface area contributed by atoms with Crippen LogP contribution < -0.4 is 5.32 Å². The molecule has 0 fully saturated rings. The molecule has 0 amide bonds. The van der Waals surface area contributed by atoms with E-state index in [4.69, 9.17) is 16.3 Å². The van der Waals surface area contributed by atoms with Gasteiger partial charge in [-0.15, -0.1) is 0 Å². The van der Waals surface area contributed by atoms with Crippen LogP contribution in [-0.2, 0) is 24.5 Å². The number of halogens is 1. The summed E-state index contributed by atoms with van der Waals surface area (Å²) in [6.07, 6.45) is 3.05. The predicted octanol–water partition coefficient (Wildman–Crippen LogP) is 3.95. The summed E-state index contributed by atoms with van der Waals surface area (Å²) < 4.78 is 5.66. The Bertz CT molecular complexity index is 543. The zero-order valence-corrected chi connectivity index (χ0v) is 13.1. The largest absolute Gasteiger partial charge is 0.370 e. The van der Waals surface area contributed by atoms with Gasteiger partial charge in [0.2, 0.25) is 0 Å². The highest BCUT2D eigenvalue weighted by molar-refractivity contribution is 6.30. The second-order valence-electron chi connectivity index (χ2n) is 4.96. The molecular formula is C17H21ClN2O. The smallest absolute Gasteiger partial charge is 0.0892 e. The van der Waals surface area contributed by atoms with Crippen LogP contribution in [0.3, 0.4) is 0 Å². The Morgan fingerprint density at radius 3 is 2.76 bits per heavy atom. The molecule has 1 N–H and O–H groups in total. The minimum atomic E-state index is 0.509. The van der Waals surface area contributed by atoms with Crippen LogP contribution >= 0.6 is 11.6 Å². The Morgan fingerprint density at radius 2 is 2.05 bits per heavy atom. The van der Waals surface area contributed by atoms with E-state index in [2.05, 4.69) is 23.3 Å². The molecule has 0 atom stereocenters. The average Bonchev–Trinajstić information content (AvgIpc) is 2.49. The van der Waals surface area contributed by atoms with Gasteiger partial charge in [-0.1, -0.05) is 36.7 Å². The van der Waals surface area contributed by atoms with E-state index in [9.17, 15) is 0 Å². The molecule has 2 rings (SSSR count). The lowest BCUT2D eigenvalue weighted by atomic mass is 10.2. The summed E-state index contributed by atoms with van der Waals surface area (Å²) in [6.45, 7) is 5.11. The third-order valence-corrected chi connectivity index (χ3v) is 3.28. The number of benzene rings is 1. The number of nitrogens with zero attached hydrogens (tertiary/aromatic N) is 1. The summed E-state index contributed by atoms with van der Waals surface area (Å²) >= 11 is 5.94. The summed E-state index contributed by atoms with van der Waals surface area (Å²) in [5.74, 6) is 0. The molecule has 112 valence electrons. The molecule has 21 heavy (non-hydrogen) atoms. The maximum absolute atomic E-state index is 5.94. The van der Waals surface area contributed by atoms with Gasteiger partial charge in [-0.25, -0.2) is 0 Å². The van der Waals surface area contributed by atoms with Gasteiger partial charge < -0.3 is 10.1 Å². The lowest BCUT2D eigenvalue weighted by molar-refractivity contribution is 0.104. The molecule has 4 heteroatoms. The Labute approximate surface area is 131 Å². The quantitative estimate of drug-likeness (QED) is 0.750. The van der Waals surface area contributed by atoms with Gasteiger partial charge in [-0.2, -0.15) is 0 Å². The monoisotopic (exact) mass is 304 g/mol. The van der Waals surface area contributed by atoms with E-state index in [0.29, 0.717) is 13.2 Å². The molecule has 0 saturated heterocycles. The van der Waals surface area contributed by atoms with Crippen molar-refractivity contribution >= 4 is 11.6 Å². The molecule has 1 aromatic heterocycles. The van der Waals surface area contributed by atoms with E-state index in [1.165, 1.54) is 5.56 Å². The van der Waals surface area contributed by atoms with Crippen molar-refractivity contribution in [1.82, 2.24) is 10.3 Å². The Morgan fingerprint density at radius 1 is 1.14 bits per heavy atom. The second kappa shape index (κ2) is 8.78. The highest BCUT2D eigenvalue weighted by Gasteiger charge is 1.99. The molecule has 0 aliphatic heterocycles. The van der Waals surface area contributed by atoms with Crippen LogP contribution in [0.4, 0.5) is 0 Å². The lowest BCUT2D eigenvalue weighted by Crippen LogP contribution is -2.14. The molecule has 1 aromatic carbocycles. The van der Waals surface area contributed by atoms with Crippen molar-refractivity contribution in [3.05, 3.63) is 64.4 Å². The first-order valence-corrected chi connectivity index (χ1v) is 7.62. The summed E-state index contributed by atoms with van der Waals surface area (Å²) in [6, 6.07) is 11.8. The minimum absolute atomic E-state index is 0.509. The molecule has 0 unspecified atom stereocenters. The molecule has 0 aliphatic rings. The minimum Gasteiger partial charge on any atom is -0.370 e. The normalized spacial score (nSPS) is 10.8. The highest BCUT2D eigenvalue weighted by atomic mass is 35.5. The van der Waals surface area contributed by atoms with E-state index in [1.807, 2.05) is 36.5 Å². The van der Waals surface area contributed by atoms with E-state index < -0.39 is 0 Å². The van der Waals surface area contributed by atoms with Crippen LogP contribution in [0.5, 0.6) is 0 Å². The van der Waals surface area contributed by atoms with Gasteiger partial charge in [0.25, 0.3) is 0 Å². The van der Waals surface area contributed by atoms with Gasteiger partial charge in [0.05, 0.1) is 18.9 Å². The third-order valence-electron chi connectivity index (χ3n) is 3.05.